The fourth-order valence-electron chi connectivity index (χ4n) is 5.09. The van der Waals surface area contributed by atoms with Crippen LogP contribution in [0.15, 0.2) is 42.7 Å². The van der Waals surface area contributed by atoms with Crippen LogP contribution in [0.2, 0.25) is 0 Å². The highest BCUT2D eigenvalue weighted by molar-refractivity contribution is 5.67. The zero-order chi connectivity index (χ0) is 24.2. The number of likely N-dealkylation sites (tertiary alicyclic amines) is 1. The molecule has 8 heteroatoms. The summed E-state index contributed by atoms with van der Waals surface area (Å²) in [6.45, 7) is 3.92. The highest BCUT2D eigenvalue weighted by atomic mass is 16.5. The maximum Gasteiger partial charge on any atom is 0.225 e. The van der Waals surface area contributed by atoms with Crippen molar-refractivity contribution in [3.63, 3.8) is 0 Å². The van der Waals surface area contributed by atoms with Gasteiger partial charge in [-0.3, -0.25) is 4.90 Å². The Labute approximate surface area is 208 Å². The van der Waals surface area contributed by atoms with Crippen LogP contribution in [0.5, 0.6) is 5.75 Å². The van der Waals surface area contributed by atoms with E-state index in [2.05, 4.69) is 38.0 Å². The zero-order valence-corrected chi connectivity index (χ0v) is 21.0. The first-order valence-corrected chi connectivity index (χ1v) is 12.6. The number of piperidine rings is 1. The normalized spacial score (nSPS) is 18.6. The number of aromatic nitrogens is 4. The molecule has 0 unspecified atom stereocenters. The third-order valence-corrected chi connectivity index (χ3v) is 6.99. The smallest absolute Gasteiger partial charge is 0.225 e. The Hall–Kier alpha value is -3.26. The lowest BCUT2D eigenvalue weighted by atomic mass is 9.93. The molecule has 2 aliphatic heterocycles. The summed E-state index contributed by atoms with van der Waals surface area (Å²) >= 11 is 0. The van der Waals surface area contributed by atoms with E-state index < -0.39 is 0 Å². The van der Waals surface area contributed by atoms with Gasteiger partial charge < -0.3 is 14.5 Å². The summed E-state index contributed by atoms with van der Waals surface area (Å²) in [5.74, 6) is 2.45. The molecule has 2 aromatic heterocycles. The molecule has 0 N–H and O–H groups in total. The van der Waals surface area contributed by atoms with E-state index in [9.17, 15) is 0 Å². The average molecular weight is 474 g/mol. The van der Waals surface area contributed by atoms with Gasteiger partial charge in [0.25, 0.3) is 0 Å². The molecule has 2 aliphatic rings. The van der Waals surface area contributed by atoms with Gasteiger partial charge >= 0.3 is 0 Å². The first kappa shape index (κ1) is 23.5. The number of hydrogen-bond donors (Lipinski definition) is 0. The van der Waals surface area contributed by atoms with Crippen LogP contribution in [0.4, 0.5) is 11.9 Å². The lowest BCUT2D eigenvalue weighted by Crippen LogP contribution is -2.34. The molecule has 184 valence electrons. The quantitative estimate of drug-likeness (QED) is 0.502. The first-order valence-electron chi connectivity index (χ1n) is 12.6. The summed E-state index contributed by atoms with van der Waals surface area (Å²) in [5, 5.41) is 0. The fourth-order valence-corrected chi connectivity index (χ4v) is 5.09. The van der Waals surface area contributed by atoms with Crippen molar-refractivity contribution in [3.05, 3.63) is 54.1 Å². The van der Waals surface area contributed by atoms with Crippen LogP contribution < -0.4 is 14.5 Å². The Morgan fingerprint density at radius 3 is 2.46 bits per heavy atom. The van der Waals surface area contributed by atoms with Crippen LogP contribution in [-0.4, -0.2) is 65.7 Å². The van der Waals surface area contributed by atoms with E-state index in [1.54, 1.807) is 7.11 Å². The van der Waals surface area contributed by atoms with Gasteiger partial charge in [0.2, 0.25) is 11.9 Å². The molecule has 0 bridgehead atoms. The Kier molecular flexibility index (Phi) is 7.08. The summed E-state index contributed by atoms with van der Waals surface area (Å²) in [4.78, 5) is 26.0. The third-order valence-electron chi connectivity index (χ3n) is 6.99. The summed E-state index contributed by atoms with van der Waals surface area (Å²) in [6, 6.07) is 10.4. The SMILES string of the molecule is COc1ccc(-c2cnc(N(C)C)nc2[C@@H]2CCCCN2Cc2ccnc(N3CCCC3)n2)cc1. The molecule has 2 saturated heterocycles. The summed E-state index contributed by atoms with van der Waals surface area (Å²) in [6.07, 6.45) is 9.76. The van der Waals surface area contributed by atoms with Crippen molar-refractivity contribution in [2.24, 2.45) is 0 Å². The lowest BCUT2D eigenvalue weighted by molar-refractivity contribution is 0.136. The Balaban J connectivity index is 1.47. The number of hydrogen-bond acceptors (Lipinski definition) is 8. The zero-order valence-electron chi connectivity index (χ0n) is 21.0. The van der Waals surface area contributed by atoms with Crippen molar-refractivity contribution in [1.29, 1.82) is 0 Å². The number of nitrogens with zero attached hydrogens (tertiary/aromatic N) is 7. The van der Waals surface area contributed by atoms with E-state index in [0.717, 1.165) is 72.8 Å². The van der Waals surface area contributed by atoms with E-state index in [4.69, 9.17) is 14.7 Å². The van der Waals surface area contributed by atoms with Crippen LogP contribution in [0.3, 0.4) is 0 Å². The maximum absolute atomic E-state index is 5.37. The molecule has 0 radical (unpaired) electrons. The topological polar surface area (TPSA) is 70.5 Å². The number of ether oxygens (including phenoxy) is 1. The van der Waals surface area contributed by atoms with Gasteiger partial charge in [0.1, 0.15) is 5.75 Å². The van der Waals surface area contributed by atoms with E-state index in [-0.39, 0.29) is 6.04 Å². The molecule has 0 saturated carbocycles. The molecule has 8 nitrogen and oxygen atoms in total. The molecular formula is C27H35N7O. The van der Waals surface area contributed by atoms with Gasteiger partial charge in [0.05, 0.1) is 24.5 Å². The molecule has 0 spiro atoms. The molecule has 1 aromatic carbocycles. The molecule has 1 atom stereocenters. The second-order valence-corrected chi connectivity index (χ2v) is 9.62. The van der Waals surface area contributed by atoms with Crippen molar-refractivity contribution in [2.45, 2.75) is 44.7 Å². The predicted molar refractivity (Wildman–Crippen MR) is 139 cm³/mol. The second kappa shape index (κ2) is 10.6. The van der Waals surface area contributed by atoms with Gasteiger partial charge in [-0.25, -0.2) is 19.9 Å². The molecule has 0 aliphatic carbocycles. The van der Waals surface area contributed by atoms with Crippen LogP contribution in [0.25, 0.3) is 11.1 Å². The van der Waals surface area contributed by atoms with Crippen LogP contribution in [0, 0.1) is 0 Å². The maximum atomic E-state index is 5.37. The van der Waals surface area contributed by atoms with E-state index in [0.29, 0.717) is 0 Å². The van der Waals surface area contributed by atoms with Gasteiger partial charge in [-0.05, 0) is 56.0 Å². The van der Waals surface area contributed by atoms with Crippen molar-refractivity contribution in [2.75, 3.05) is 50.6 Å². The molecule has 2 fully saturated rings. The van der Waals surface area contributed by atoms with Crippen molar-refractivity contribution < 1.29 is 4.74 Å². The van der Waals surface area contributed by atoms with Crippen LogP contribution in [-0.2, 0) is 6.54 Å². The highest BCUT2D eigenvalue weighted by Gasteiger charge is 2.29. The lowest BCUT2D eigenvalue weighted by Gasteiger charge is -2.36. The fraction of sp³-hybridized carbons (Fsp3) is 0.481. The van der Waals surface area contributed by atoms with Gasteiger partial charge in [-0.2, -0.15) is 0 Å². The standard InChI is InChI=1S/C27H35N7O/c1-32(2)26-29-18-23(20-9-11-22(35-3)12-10-20)25(31-26)24-8-4-5-17-34(24)19-21-13-14-28-27(30-21)33-15-6-7-16-33/h9-14,18,24H,4-8,15-17,19H2,1-3H3/t24-/m0/s1. The Morgan fingerprint density at radius 1 is 0.943 bits per heavy atom. The predicted octanol–water partition coefficient (Wildman–Crippen LogP) is 4.34. The van der Waals surface area contributed by atoms with E-state index >= 15 is 0 Å². The van der Waals surface area contributed by atoms with Crippen molar-refractivity contribution in [1.82, 2.24) is 24.8 Å². The molecule has 35 heavy (non-hydrogen) atoms. The van der Waals surface area contributed by atoms with Crippen LogP contribution in [0.1, 0.15) is 49.5 Å². The largest absolute Gasteiger partial charge is 0.497 e. The number of rotatable bonds is 7. The highest BCUT2D eigenvalue weighted by Crippen LogP contribution is 2.37. The monoisotopic (exact) mass is 473 g/mol. The number of anilines is 2. The second-order valence-electron chi connectivity index (χ2n) is 9.62. The van der Waals surface area contributed by atoms with Gasteiger partial charge in [-0.1, -0.05) is 18.6 Å². The minimum absolute atomic E-state index is 0.202. The van der Waals surface area contributed by atoms with Crippen molar-refractivity contribution in [3.8, 4) is 16.9 Å². The molecule has 5 rings (SSSR count). The minimum atomic E-state index is 0.202. The number of methoxy groups -OCH3 is 1. The van der Waals surface area contributed by atoms with Gasteiger partial charge in [0, 0.05) is 51.7 Å². The molecular weight excluding hydrogens is 438 g/mol. The average Bonchev–Trinajstić information content (AvgIpc) is 3.44. The van der Waals surface area contributed by atoms with Gasteiger partial charge in [0.15, 0.2) is 0 Å². The molecule has 0 amide bonds. The first-order chi connectivity index (χ1) is 17.1. The van der Waals surface area contributed by atoms with E-state index in [1.165, 1.54) is 25.7 Å². The van der Waals surface area contributed by atoms with Crippen molar-refractivity contribution >= 4 is 11.9 Å². The minimum Gasteiger partial charge on any atom is -0.497 e. The summed E-state index contributed by atoms with van der Waals surface area (Å²) < 4.78 is 5.37. The summed E-state index contributed by atoms with van der Waals surface area (Å²) in [5.41, 5.74) is 4.34. The summed E-state index contributed by atoms with van der Waals surface area (Å²) in [7, 11) is 5.68. The third kappa shape index (κ3) is 5.22. The van der Waals surface area contributed by atoms with Crippen LogP contribution >= 0.6 is 0 Å². The Bertz CT molecular complexity index is 1130. The number of benzene rings is 1. The van der Waals surface area contributed by atoms with Gasteiger partial charge in [-0.15, -0.1) is 0 Å². The Morgan fingerprint density at radius 2 is 1.71 bits per heavy atom. The molecule has 4 heterocycles. The van der Waals surface area contributed by atoms with E-state index in [1.807, 2.05) is 43.5 Å². The molecule has 3 aromatic rings.